The fourth-order valence-electron chi connectivity index (χ4n) is 4.12. The van der Waals surface area contributed by atoms with Crippen LogP contribution in [0, 0.1) is 0 Å². The van der Waals surface area contributed by atoms with Crippen molar-refractivity contribution in [3.05, 3.63) is 62.5 Å². The van der Waals surface area contributed by atoms with Gasteiger partial charge in [0.25, 0.3) is 0 Å². The number of nitrogens with zero attached hydrogens (tertiary/aromatic N) is 2. The number of anilines is 1. The van der Waals surface area contributed by atoms with Gasteiger partial charge in [0.05, 0.1) is 13.1 Å². The minimum absolute atomic E-state index is 0.102. The molecule has 3 aromatic rings. The Morgan fingerprint density at radius 3 is 2.83 bits per heavy atom. The van der Waals surface area contributed by atoms with E-state index in [-0.39, 0.29) is 11.9 Å². The first-order valence-corrected chi connectivity index (χ1v) is 12.0. The minimum Gasteiger partial charge on any atom is -0.486 e. The lowest BCUT2D eigenvalue weighted by molar-refractivity contribution is -0.120. The standard InChI is InChI=1S/C23H24N2O3S2/c1-16-19-7-12-30-22(19)6-8-24(16)15-23(26)25(14-18-3-2-11-29-18)17-4-5-20-21(13-17)28-10-9-27-20/h2-5,7,11-13,16H,6,8-10,14-15H2,1H3. The van der Waals surface area contributed by atoms with E-state index in [2.05, 4.69) is 29.3 Å². The van der Waals surface area contributed by atoms with Crippen molar-refractivity contribution in [2.24, 2.45) is 0 Å². The maximum atomic E-state index is 13.5. The van der Waals surface area contributed by atoms with E-state index in [4.69, 9.17) is 9.47 Å². The molecule has 0 fully saturated rings. The van der Waals surface area contributed by atoms with Crippen LogP contribution in [0.25, 0.3) is 0 Å². The number of carbonyl (C=O) groups excluding carboxylic acids is 1. The molecule has 5 nitrogen and oxygen atoms in total. The van der Waals surface area contributed by atoms with Crippen LogP contribution in [-0.4, -0.2) is 37.1 Å². The molecule has 0 bridgehead atoms. The maximum Gasteiger partial charge on any atom is 0.241 e. The van der Waals surface area contributed by atoms with Crippen molar-refractivity contribution in [3.8, 4) is 11.5 Å². The molecule has 1 unspecified atom stereocenters. The lowest BCUT2D eigenvalue weighted by Gasteiger charge is -2.35. The molecular formula is C23H24N2O3S2. The molecule has 156 valence electrons. The molecular weight excluding hydrogens is 416 g/mol. The van der Waals surface area contributed by atoms with Gasteiger partial charge < -0.3 is 14.4 Å². The molecule has 0 aliphatic carbocycles. The summed E-state index contributed by atoms with van der Waals surface area (Å²) >= 11 is 3.49. The van der Waals surface area contributed by atoms with E-state index >= 15 is 0 Å². The summed E-state index contributed by atoms with van der Waals surface area (Å²) in [6.45, 7) is 5.16. The van der Waals surface area contributed by atoms with Crippen molar-refractivity contribution >= 4 is 34.3 Å². The largest absolute Gasteiger partial charge is 0.486 e. The van der Waals surface area contributed by atoms with Gasteiger partial charge in [0, 0.05) is 34.1 Å². The van der Waals surface area contributed by atoms with Crippen molar-refractivity contribution in [1.82, 2.24) is 4.90 Å². The summed E-state index contributed by atoms with van der Waals surface area (Å²) in [5.74, 6) is 1.55. The number of ether oxygens (including phenoxy) is 2. The van der Waals surface area contributed by atoms with Gasteiger partial charge in [-0.15, -0.1) is 22.7 Å². The molecule has 0 N–H and O–H groups in total. The van der Waals surface area contributed by atoms with Crippen LogP contribution in [0.15, 0.2) is 47.2 Å². The Labute approximate surface area is 184 Å². The van der Waals surface area contributed by atoms with Crippen molar-refractivity contribution < 1.29 is 14.3 Å². The molecule has 5 rings (SSSR count). The molecule has 0 spiro atoms. The van der Waals surface area contributed by atoms with Crippen molar-refractivity contribution in [1.29, 1.82) is 0 Å². The zero-order chi connectivity index (χ0) is 20.5. The molecule has 2 aliphatic rings. The summed E-state index contributed by atoms with van der Waals surface area (Å²) in [5, 5.41) is 4.21. The summed E-state index contributed by atoms with van der Waals surface area (Å²) in [7, 11) is 0. The van der Waals surface area contributed by atoms with Crippen LogP contribution in [0.5, 0.6) is 11.5 Å². The quantitative estimate of drug-likeness (QED) is 0.575. The Hall–Kier alpha value is -2.35. The van der Waals surface area contributed by atoms with Gasteiger partial charge in [0.1, 0.15) is 13.2 Å². The fraction of sp³-hybridized carbons (Fsp3) is 0.348. The monoisotopic (exact) mass is 440 g/mol. The van der Waals surface area contributed by atoms with E-state index in [1.807, 2.05) is 45.9 Å². The van der Waals surface area contributed by atoms with Crippen LogP contribution in [0.2, 0.25) is 0 Å². The molecule has 0 saturated carbocycles. The zero-order valence-electron chi connectivity index (χ0n) is 16.9. The van der Waals surface area contributed by atoms with Gasteiger partial charge in [0.15, 0.2) is 11.5 Å². The van der Waals surface area contributed by atoms with Crippen molar-refractivity contribution in [2.75, 3.05) is 31.2 Å². The molecule has 2 aliphatic heterocycles. The lowest BCUT2D eigenvalue weighted by Crippen LogP contribution is -2.43. The first-order chi connectivity index (χ1) is 14.7. The first-order valence-electron chi connectivity index (χ1n) is 10.2. The highest BCUT2D eigenvalue weighted by atomic mass is 32.1. The van der Waals surface area contributed by atoms with E-state index in [9.17, 15) is 4.79 Å². The van der Waals surface area contributed by atoms with Gasteiger partial charge in [-0.2, -0.15) is 0 Å². The smallest absolute Gasteiger partial charge is 0.241 e. The van der Waals surface area contributed by atoms with Crippen LogP contribution >= 0.6 is 22.7 Å². The summed E-state index contributed by atoms with van der Waals surface area (Å²) < 4.78 is 11.4. The Morgan fingerprint density at radius 1 is 1.13 bits per heavy atom. The van der Waals surface area contributed by atoms with Gasteiger partial charge in [-0.05, 0) is 53.9 Å². The maximum absolute atomic E-state index is 13.5. The Kier molecular flexibility index (Phi) is 5.50. The number of rotatable bonds is 5. The number of hydrogen-bond donors (Lipinski definition) is 0. The Morgan fingerprint density at radius 2 is 2.00 bits per heavy atom. The second-order valence-electron chi connectivity index (χ2n) is 7.58. The Bertz CT molecular complexity index is 1030. The molecule has 1 amide bonds. The van der Waals surface area contributed by atoms with Crippen LogP contribution in [0.1, 0.15) is 28.3 Å². The van der Waals surface area contributed by atoms with Gasteiger partial charge >= 0.3 is 0 Å². The van der Waals surface area contributed by atoms with E-state index in [1.165, 1.54) is 10.4 Å². The summed E-state index contributed by atoms with van der Waals surface area (Å²) in [6, 6.07) is 12.3. The Balaban J connectivity index is 1.40. The molecule has 2 aromatic heterocycles. The number of hydrogen-bond acceptors (Lipinski definition) is 6. The third-order valence-electron chi connectivity index (χ3n) is 5.77. The number of benzene rings is 1. The molecule has 0 radical (unpaired) electrons. The SMILES string of the molecule is CC1c2ccsc2CCN1CC(=O)N(Cc1cccs1)c1ccc2c(c1)OCCO2. The molecule has 1 atom stereocenters. The highest BCUT2D eigenvalue weighted by Gasteiger charge is 2.29. The summed E-state index contributed by atoms with van der Waals surface area (Å²) in [4.78, 5) is 20.3. The van der Waals surface area contributed by atoms with Crippen LogP contribution in [-0.2, 0) is 17.8 Å². The summed E-state index contributed by atoms with van der Waals surface area (Å²) in [6.07, 6.45) is 1.01. The number of thiophene rings is 2. The van der Waals surface area contributed by atoms with E-state index in [0.29, 0.717) is 32.1 Å². The van der Waals surface area contributed by atoms with Gasteiger partial charge in [-0.25, -0.2) is 0 Å². The average molecular weight is 441 g/mol. The van der Waals surface area contributed by atoms with Gasteiger partial charge in [0.2, 0.25) is 5.91 Å². The second-order valence-corrected chi connectivity index (χ2v) is 9.62. The number of carbonyl (C=O) groups is 1. The minimum atomic E-state index is 0.102. The molecule has 0 saturated heterocycles. The van der Waals surface area contributed by atoms with Gasteiger partial charge in [-0.3, -0.25) is 9.69 Å². The van der Waals surface area contributed by atoms with E-state index < -0.39 is 0 Å². The number of fused-ring (bicyclic) bond motifs is 2. The third kappa shape index (κ3) is 3.85. The van der Waals surface area contributed by atoms with Gasteiger partial charge in [-0.1, -0.05) is 6.07 Å². The van der Waals surface area contributed by atoms with E-state index in [0.717, 1.165) is 29.3 Å². The topological polar surface area (TPSA) is 42.0 Å². The predicted octanol–water partition coefficient (Wildman–Crippen LogP) is 4.73. The van der Waals surface area contributed by atoms with Crippen LogP contribution < -0.4 is 14.4 Å². The predicted molar refractivity (Wildman–Crippen MR) is 121 cm³/mol. The molecule has 7 heteroatoms. The van der Waals surface area contributed by atoms with E-state index in [1.54, 1.807) is 11.3 Å². The normalized spacial score (nSPS) is 18.1. The average Bonchev–Trinajstić information content (AvgIpc) is 3.46. The number of amides is 1. The summed E-state index contributed by atoms with van der Waals surface area (Å²) in [5.41, 5.74) is 2.21. The second kappa shape index (κ2) is 8.41. The zero-order valence-corrected chi connectivity index (χ0v) is 18.5. The van der Waals surface area contributed by atoms with Crippen LogP contribution in [0.3, 0.4) is 0 Å². The van der Waals surface area contributed by atoms with Crippen LogP contribution in [0.4, 0.5) is 5.69 Å². The molecule has 4 heterocycles. The first kappa shape index (κ1) is 19.6. The fourth-order valence-corrected chi connectivity index (χ4v) is 5.77. The molecule has 30 heavy (non-hydrogen) atoms. The van der Waals surface area contributed by atoms with Crippen molar-refractivity contribution in [3.63, 3.8) is 0 Å². The molecule has 1 aromatic carbocycles. The highest BCUT2D eigenvalue weighted by molar-refractivity contribution is 7.10. The van der Waals surface area contributed by atoms with Crippen molar-refractivity contribution in [2.45, 2.75) is 25.9 Å². The highest BCUT2D eigenvalue weighted by Crippen LogP contribution is 2.36. The third-order valence-corrected chi connectivity index (χ3v) is 7.63. The lowest BCUT2D eigenvalue weighted by atomic mass is 10.0.